The molecule has 1 N–H and O–H groups in total. The number of nitrogens with one attached hydrogen (secondary N) is 1. The lowest BCUT2D eigenvalue weighted by atomic mass is 10.00. The monoisotopic (exact) mass is 512 g/mol. The van der Waals surface area contributed by atoms with Crippen LogP contribution >= 0.6 is 11.6 Å². The van der Waals surface area contributed by atoms with Crippen LogP contribution in [-0.2, 0) is 11.3 Å². The minimum absolute atomic E-state index is 0.0484. The van der Waals surface area contributed by atoms with Gasteiger partial charge in [-0.3, -0.25) is 4.79 Å². The zero-order chi connectivity index (χ0) is 25.9. The van der Waals surface area contributed by atoms with Crippen molar-refractivity contribution in [1.29, 1.82) is 0 Å². The first-order valence-electron chi connectivity index (χ1n) is 11.8. The first-order valence-corrected chi connectivity index (χ1v) is 15.1. The van der Waals surface area contributed by atoms with E-state index < -0.39 is 20.0 Å². The molecule has 0 spiro atoms. The van der Waals surface area contributed by atoms with Gasteiger partial charge in [0.05, 0.1) is 16.8 Å². The number of hydrogen-bond donors (Lipinski definition) is 1. The number of benzene rings is 2. The van der Waals surface area contributed by atoms with E-state index in [2.05, 4.69) is 39.2 Å². The standard InChI is InChI=1S/C27H33ClN2O4Si/c1-26(2,3)33-25(32)30-21-12-9-17(34-35(7,8)27(4,5)6)13-16(21)14-22(30)18-10-11-20(28)19-15-29-24(31)23(18)19/h9-14H,15H2,1-8H3,(H,29,31). The van der Waals surface area contributed by atoms with Gasteiger partial charge in [0.25, 0.3) is 5.91 Å². The second-order valence-corrected chi connectivity index (χ2v) is 16.7. The van der Waals surface area contributed by atoms with Crippen molar-refractivity contribution in [2.75, 3.05) is 0 Å². The molecule has 1 amide bonds. The Morgan fingerprint density at radius 3 is 2.37 bits per heavy atom. The summed E-state index contributed by atoms with van der Waals surface area (Å²) in [6.45, 7) is 16.8. The number of halogens is 1. The van der Waals surface area contributed by atoms with Gasteiger partial charge in [0.1, 0.15) is 11.4 Å². The number of rotatable bonds is 3. The van der Waals surface area contributed by atoms with Gasteiger partial charge in [-0.25, -0.2) is 9.36 Å². The second-order valence-electron chi connectivity index (χ2n) is 11.6. The molecule has 0 fully saturated rings. The number of fused-ring (bicyclic) bond motifs is 2. The first kappa shape index (κ1) is 25.3. The van der Waals surface area contributed by atoms with Gasteiger partial charge in [-0.1, -0.05) is 38.4 Å². The Morgan fingerprint density at radius 1 is 1.06 bits per heavy atom. The average Bonchev–Trinajstić information content (AvgIpc) is 3.27. The smallest absolute Gasteiger partial charge is 0.419 e. The fourth-order valence-corrected chi connectivity index (χ4v) is 5.18. The molecule has 2 aromatic carbocycles. The second kappa shape index (κ2) is 8.42. The minimum Gasteiger partial charge on any atom is -0.543 e. The average molecular weight is 513 g/mol. The lowest BCUT2D eigenvalue weighted by molar-refractivity contribution is 0.0547. The molecule has 0 saturated heterocycles. The van der Waals surface area contributed by atoms with E-state index in [1.54, 1.807) is 12.1 Å². The van der Waals surface area contributed by atoms with Crippen molar-refractivity contribution >= 4 is 42.8 Å². The molecule has 3 aromatic rings. The molecule has 186 valence electrons. The summed E-state index contributed by atoms with van der Waals surface area (Å²) in [4.78, 5) is 26.1. The zero-order valence-corrected chi connectivity index (χ0v) is 23.4. The first-order chi connectivity index (χ1) is 16.1. The predicted octanol–water partition coefficient (Wildman–Crippen LogP) is 7.37. The molecule has 0 radical (unpaired) electrons. The molecule has 0 atom stereocenters. The zero-order valence-electron chi connectivity index (χ0n) is 21.6. The highest BCUT2D eigenvalue weighted by Gasteiger charge is 2.39. The lowest BCUT2D eigenvalue weighted by Crippen LogP contribution is -2.43. The number of hydrogen-bond acceptors (Lipinski definition) is 4. The van der Waals surface area contributed by atoms with Gasteiger partial charge in [-0.15, -0.1) is 0 Å². The molecule has 0 aliphatic carbocycles. The SMILES string of the molecule is CC(C)(C)OC(=O)n1c(-c2ccc(Cl)c3c2C(=O)NC3)cc2cc(O[Si](C)(C)C(C)(C)C)ccc21. The fourth-order valence-electron chi connectivity index (χ4n) is 3.93. The Kier molecular flexibility index (Phi) is 6.09. The number of amides is 1. The van der Waals surface area contributed by atoms with Crippen LogP contribution in [0.5, 0.6) is 5.75 Å². The van der Waals surface area contributed by atoms with Crippen molar-refractivity contribution in [3.63, 3.8) is 0 Å². The highest BCUT2D eigenvalue weighted by molar-refractivity contribution is 6.74. The van der Waals surface area contributed by atoms with Gasteiger partial charge in [-0.05, 0) is 69.2 Å². The maximum absolute atomic E-state index is 13.4. The highest BCUT2D eigenvalue weighted by Crippen LogP contribution is 2.40. The van der Waals surface area contributed by atoms with Crippen LogP contribution in [0.1, 0.15) is 57.5 Å². The molecule has 6 nitrogen and oxygen atoms in total. The molecule has 1 aliphatic heterocycles. The van der Waals surface area contributed by atoms with E-state index in [0.29, 0.717) is 33.9 Å². The van der Waals surface area contributed by atoms with E-state index in [4.69, 9.17) is 20.8 Å². The van der Waals surface area contributed by atoms with Crippen LogP contribution < -0.4 is 9.74 Å². The van der Waals surface area contributed by atoms with E-state index in [0.717, 1.165) is 16.7 Å². The van der Waals surface area contributed by atoms with Crippen LogP contribution in [0.15, 0.2) is 36.4 Å². The van der Waals surface area contributed by atoms with Gasteiger partial charge < -0.3 is 14.5 Å². The van der Waals surface area contributed by atoms with Gasteiger partial charge in [0.15, 0.2) is 0 Å². The molecule has 4 rings (SSSR count). The topological polar surface area (TPSA) is 69.6 Å². The van der Waals surface area contributed by atoms with Gasteiger partial charge >= 0.3 is 6.09 Å². The normalized spacial score (nSPS) is 14.1. The largest absolute Gasteiger partial charge is 0.543 e. The number of nitrogens with zero attached hydrogens (tertiary/aromatic N) is 1. The molecule has 35 heavy (non-hydrogen) atoms. The van der Waals surface area contributed by atoms with E-state index >= 15 is 0 Å². The Bertz CT molecular complexity index is 1350. The van der Waals surface area contributed by atoms with E-state index in [1.807, 2.05) is 45.0 Å². The van der Waals surface area contributed by atoms with Crippen LogP contribution in [0.25, 0.3) is 22.2 Å². The van der Waals surface area contributed by atoms with Crippen molar-refractivity contribution < 1.29 is 18.8 Å². The van der Waals surface area contributed by atoms with Gasteiger partial charge in [0.2, 0.25) is 8.32 Å². The third-order valence-electron chi connectivity index (χ3n) is 6.71. The Labute approximate surface area is 212 Å². The van der Waals surface area contributed by atoms with Crippen molar-refractivity contribution in [3.8, 4) is 17.0 Å². The van der Waals surface area contributed by atoms with Crippen molar-refractivity contribution in [2.45, 2.75) is 71.8 Å². The van der Waals surface area contributed by atoms with Crippen LogP contribution in [0, 0.1) is 0 Å². The molecular weight excluding hydrogens is 480 g/mol. The van der Waals surface area contributed by atoms with E-state index in [-0.39, 0.29) is 10.9 Å². The molecule has 0 unspecified atom stereocenters. The van der Waals surface area contributed by atoms with Crippen LogP contribution in [-0.4, -0.2) is 30.5 Å². The fraction of sp³-hybridized carbons (Fsp3) is 0.407. The molecule has 2 heterocycles. The van der Waals surface area contributed by atoms with Gasteiger partial charge in [0, 0.05) is 28.1 Å². The maximum Gasteiger partial charge on any atom is 0.419 e. The molecule has 0 bridgehead atoms. The Balaban J connectivity index is 1.92. The minimum atomic E-state index is -2.05. The van der Waals surface area contributed by atoms with Crippen molar-refractivity contribution in [2.24, 2.45) is 0 Å². The Morgan fingerprint density at radius 2 is 1.74 bits per heavy atom. The summed E-state index contributed by atoms with van der Waals surface area (Å²) in [5.74, 6) is 0.552. The molecule has 1 aromatic heterocycles. The van der Waals surface area contributed by atoms with Crippen molar-refractivity contribution in [1.82, 2.24) is 9.88 Å². The van der Waals surface area contributed by atoms with Crippen LogP contribution in [0.4, 0.5) is 4.79 Å². The van der Waals surface area contributed by atoms with E-state index in [1.165, 1.54) is 4.57 Å². The predicted molar refractivity (Wildman–Crippen MR) is 143 cm³/mol. The molecular formula is C27H33ClN2O4Si. The third-order valence-corrected chi connectivity index (χ3v) is 11.4. The summed E-state index contributed by atoms with van der Waals surface area (Å²) < 4.78 is 13.8. The van der Waals surface area contributed by atoms with Crippen LogP contribution in [0.2, 0.25) is 23.2 Å². The quantitative estimate of drug-likeness (QED) is 0.372. The third kappa shape index (κ3) is 4.71. The summed E-state index contributed by atoms with van der Waals surface area (Å²) in [6, 6.07) is 11.2. The number of ether oxygens (including phenoxy) is 1. The van der Waals surface area contributed by atoms with Crippen LogP contribution in [0.3, 0.4) is 0 Å². The van der Waals surface area contributed by atoms with Crippen molar-refractivity contribution in [3.05, 3.63) is 52.5 Å². The highest BCUT2D eigenvalue weighted by atomic mass is 35.5. The number of carbonyl (C=O) groups excluding carboxylic acids is 2. The maximum atomic E-state index is 13.4. The molecule has 1 aliphatic rings. The summed E-state index contributed by atoms with van der Waals surface area (Å²) in [6.07, 6.45) is -0.511. The molecule has 0 saturated carbocycles. The lowest BCUT2D eigenvalue weighted by Gasteiger charge is -2.36. The number of aromatic nitrogens is 1. The summed E-state index contributed by atoms with van der Waals surface area (Å²) >= 11 is 6.38. The summed E-state index contributed by atoms with van der Waals surface area (Å²) in [7, 11) is -2.05. The summed E-state index contributed by atoms with van der Waals surface area (Å²) in [5, 5.41) is 4.23. The number of carbonyl (C=O) groups is 2. The van der Waals surface area contributed by atoms with Gasteiger partial charge in [-0.2, -0.15) is 0 Å². The Hall–Kier alpha value is -2.77. The van der Waals surface area contributed by atoms with E-state index in [9.17, 15) is 9.59 Å². The molecule has 8 heteroatoms. The summed E-state index contributed by atoms with van der Waals surface area (Å²) in [5.41, 5.74) is 2.42.